The molecule has 0 radical (unpaired) electrons. The van der Waals surface area contributed by atoms with E-state index in [4.69, 9.17) is 10.5 Å². The van der Waals surface area contributed by atoms with Gasteiger partial charge in [-0.1, -0.05) is 20.8 Å². The van der Waals surface area contributed by atoms with Gasteiger partial charge in [0, 0.05) is 18.5 Å². The summed E-state index contributed by atoms with van der Waals surface area (Å²) in [5.41, 5.74) is 6.86. The molecule has 0 saturated heterocycles. The normalized spacial score (nSPS) is 17.1. The third-order valence-corrected chi connectivity index (χ3v) is 4.31. The van der Waals surface area contributed by atoms with Crippen molar-refractivity contribution in [2.75, 3.05) is 7.11 Å². The van der Waals surface area contributed by atoms with E-state index < -0.39 is 0 Å². The fourth-order valence-electron chi connectivity index (χ4n) is 1.71. The quantitative estimate of drug-likeness (QED) is 0.848. The third kappa shape index (κ3) is 3.50. The van der Waals surface area contributed by atoms with Crippen LogP contribution in [0.25, 0.3) is 0 Å². The smallest absolute Gasteiger partial charge is 0.125 e. The van der Waals surface area contributed by atoms with E-state index in [-0.39, 0.29) is 11.6 Å². The Morgan fingerprint density at radius 1 is 1.53 bits per heavy atom. The van der Waals surface area contributed by atoms with Gasteiger partial charge in [-0.3, -0.25) is 0 Å². The highest BCUT2D eigenvalue weighted by molar-refractivity contribution is 7.09. The highest BCUT2D eigenvalue weighted by Gasteiger charge is 2.28. The molecular weight excluding hydrogens is 232 g/mol. The summed E-state index contributed by atoms with van der Waals surface area (Å²) in [6, 6.07) is 0.0398. The fraction of sp³-hybridized carbons (Fsp3) is 0.769. The molecule has 1 aromatic rings. The van der Waals surface area contributed by atoms with Gasteiger partial charge >= 0.3 is 0 Å². The number of ether oxygens (including phenoxy) is 1. The number of hydrogen-bond acceptors (Lipinski definition) is 4. The number of thiazole rings is 1. The molecule has 0 bridgehead atoms. The first-order valence-corrected chi connectivity index (χ1v) is 7.07. The Labute approximate surface area is 108 Å². The van der Waals surface area contributed by atoms with E-state index in [0.717, 1.165) is 23.5 Å². The van der Waals surface area contributed by atoms with Crippen LogP contribution < -0.4 is 5.73 Å². The van der Waals surface area contributed by atoms with Crippen molar-refractivity contribution in [3.63, 3.8) is 0 Å². The van der Waals surface area contributed by atoms with Crippen molar-refractivity contribution < 1.29 is 4.74 Å². The highest BCUT2D eigenvalue weighted by atomic mass is 32.1. The summed E-state index contributed by atoms with van der Waals surface area (Å²) in [5, 5.41) is 3.09. The van der Waals surface area contributed by atoms with Crippen molar-refractivity contribution in [1.82, 2.24) is 4.98 Å². The molecule has 0 aliphatic rings. The first-order valence-electron chi connectivity index (χ1n) is 6.19. The highest BCUT2D eigenvalue weighted by Crippen LogP contribution is 2.32. The summed E-state index contributed by atoms with van der Waals surface area (Å²) in [5.74, 6) is 0.593. The predicted molar refractivity (Wildman–Crippen MR) is 73.1 cm³/mol. The Hall–Kier alpha value is -0.450. The van der Waals surface area contributed by atoms with Gasteiger partial charge in [0.25, 0.3) is 0 Å². The van der Waals surface area contributed by atoms with Gasteiger partial charge in [0.05, 0.1) is 5.69 Å². The van der Waals surface area contributed by atoms with Gasteiger partial charge in [-0.2, -0.15) is 0 Å². The maximum absolute atomic E-state index is 6.14. The molecule has 98 valence electrons. The predicted octanol–water partition coefficient (Wildman–Crippen LogP) is 3.46. The molecule has 2 unspecified atom stereocenters. The van der Waals surface area contributed by atoms with Gasteiger partial charge in [0.1, 0.15) is 10.6 Å². The molecular formula is C13H24N2OS. The maximum atomic E-state index is 6.14. The van der Waals surface area contributed by atoms with Crippen LogP contribution in [0.3, 0.4) is 0 Å². The molecule has 4 heteroatoms. The van der Waals surface area contributed by atoms with Gasteiger partial charge in [0.15, 0.2) is 0 Å². The lowest BCUT2D eigenvalue weighted by Gasteiger charge is -2.23. The molecule has 0 saturated carbocycles. The summed E-state index contributed by atoms with van der Waals surface area (Å²) in [7, 11) is 1.73. The summed E-state index contributed by atoms with van der Waals surface area (Å²) in [6.07, 6.45) is 1.88. The molecule has 1 rings (SSSR count). The Balaban J connectivity index is 2.84. The standard InChI is InChI=1S/C13H24N2OS/c1-6-13(4,16-5)12-15-11(8-17-12)10(14)7-9(2)3/h8-10H,6-7,14H2,1-5H3. The lowest BCUT2D eigenvalue weighted by molar-refractivity contribution is -0.00170. The van der Waals surface area contributed by atoms with E-state index in [0.29, 0.717) is 5.92 Å². The van der Waals surface area contributed by atoms with Crippen molar-refractivity contribution >= 4 is 11.3 Å². The second-order valence-corrected chi connectivity index (χ2v) is 5.96. The lowest BCUT2D eigenvalue weighted by atomic mass is 10.0. The van der Waals surface area contributed by atoms with Gasteiger partial charge in [0.2, 0.25) is 0 Å². The van der Waals surface area contributed by atoms with Crippen LogP contribution in [0, 0.1) is 5.92 Å². The van der Waals surface area contributed by atoms with Gasteiger partial charge < -0.3 is 10.5 Å². The van der Waals surface area contributed by atoms with Crippen molar-refractivity contribution in [2.45, 2.75) is 52.2 Å². The number of nitrogens with two attached hydrogens (primary N) is 1. The summed E-state index contributed by atoms with van der Waals surface area (Å²) >= 11 is 1.64. The monoisotopic (exact) mass is 256 g/mol. The molecule has 2 atom stereocenters. The van der Waals surface area contributed by atoms with Gasteiger partial charge in [-0.05, 0) is 25.7 Å². The maximum Gasteiger partial charge on any atom is 0.125 e. The van der Waals surface area contributed by atoms with Gasteiger partial charge in [-0.15, -0.1) is 11.3 Å². The largest absolute Gasteiger partial charge is 0.371 e. The molecule has 0 aliphatic carbocycles. The molecule has 17 heavy (non-hydrogen) atoms. The lowest BCUT2D eigenvalue weighted by Crippen LogP contribution is -2.23. The fourth-order valence-corrected chi connectivity index (χ4v) is 2.81. The first-order chi connectivity index (χ1) is 7.92. The Bertz CT molecular complexity index is 345. The van der Waals surface area contributed by atoms with E-state index in [9.17, 15) is 0 Å². The van der Waals surface area contributed by atoms with Crippen LogP contribution in [0.1, 0.15) is 57.3 Å². The molecule has 0 spiro atoms. The average Bonchev–Trinajstić information content (AvgIpc) is 2.77. The van der Waals surface area contributed by atoms with Crippen LogP contribution >= 0.6 is 11.3 Å². The zero-order valence-electron chi connectivity index (χ0n) is 11.5. The minimum absolute atomic E-state index is 0.0398. The minimum atomic E-state index is -0.277. The second-order valence-electron chi connectivity index (χ2n) is 5.10. The van der Waals surface area contributed by atoms with Gasteiger partial charge in [-0.25, -0.2) is 4.98 Å². The molecule has 1 aromatic heterocycles. The van der Waals surface area contributed by atoms with E-state index >= 15 is 0 Å². The summed E-state index contributed by atoms with van der Waals surface area (Å²) in [6.45, 7) is 8.54. The summed E-state index contributed by atoms with van der Waals surface area (Å²) in [4.78, 5) is 4.65. The van der Waals surface area contributed by atoms with Crippen LogP contribution in [0.4, 0.5) is 0 Å². The SMILES string of the molecule is CCC(C)(OC)c1nc(C(N)CC(C)C)cs1. The number of nitrogens with zero attached hydrogens (tertiary/aromatic N) is 1. The topological polar surface area (TPSA) is 48.1 Å². The van der Waals surface area contributed by atoms with E-state index in [1.165, 1.54) is 0 Å². The molecule has 0 aromatic carbocycles. The molecule has 3 nitrogen and oxygen atoms in total. The molecule has 0 aliphatic heterocycles. The molecule has 0 fully saturated rings. The van der Waals surface area contributed by atoms with Crippen LogP contribution in [0.5, 0.6) is 0 Å². The summed E-state index contributed by atoms with van der Waals surface area (Å²) < 4.78 is 5.55. The second kappa shape index (κ2) is 5.94. The van der Waals surface area contributed by atoms with Crippen molar-refractivity contribution in [2.24, 2.45) is 11.7 Å². The van der Waals surface area contributed by atoms with Crippen molar-refractivity contribution in [3.8, 4) is 0 Å². The number of hydrogen-bond donors (Lipinski definition) is 1. The van der Waals surface area contributed by atoms with E-state index in [1.54, 1.807) is 18.4 Å². The number of methoxy groups -OCH3 is 1. The Morgan fingerprint density at radius 3 is 2.65 bits per heavy atom. The van der Waals surface area contributed by atoms with Crippen molar-refractivity contribution in [1.29, 1.82) is 0 Å². The Morgan fingerprint density at radius 2 is 2.18 bits per heavy atom. The molecule has 2 N–H and O–H groups in total. The minimum Gasteiger partial charge on any atom is -0.371 e. The van der Waals surface area contributed by atoms with E-state index in [1.807, 2.05) is 0 Å². The van der Waals surface area contributed by atoms with Crippen molar-refractivity contribution in [3.05, 3.63) is 16.1 Å². The van der Waals surface area contributed by atoms with E-state index in [2.05, 4.69) is 38.1 Å². The average molecular weight is 256 g/mol. The Kier molecular flexibility index (Phi) is 5.10. The number of aromatic nitrogens is 1. The van der Waals surface area contributed by atoms with Crippen LogP contribution in [0.2, 0.25) is 0 Å². The number of rotatable bonds is 6. The van der Waals surface area contributed by atoms with Crippen LogP contribution in [0.15, 0.2) is 5.38 Å². The molecule has 1 heterocycles. The zero-order valence-corrected chi connectivity index (χ0v) is 12.3. The first kappa shape index (κ1) is 14.6. The third-order valence-electron chi connectivity index (χ3n) is 3.20. The molecule has 0 amide bonds. The zero-order chi connectivity index (χ0) is 13.1. The van der Waals surface area contributed by atoms with Crippen LogP contribution in [-0.2, 0) is 10.3 Å². The van der Waals surface area contributed by atoms with Crippen LogP contribution in [-0.4, -0.2) is 12.1 Å².